The molecule has 0 radical (unpaired) electrons. The molecule has 4 fully saturated rings. The predicted octanol–water partition coefficient (Wildman–Crippen LogP) is 2.11. The Bertz CT molecular complexity index is 646. The summed E-state index contributed by atoms with van der Waals surface area (Å²) in [4.78, 5) is 14.1. The lowest BCUT2D eigenvalue weighted by molar-refractivity contribution is 0.125. The Hall–Kier alpha value is -1.11. The van der Waals surface area contributed by atoms with E-state index in [9.17, 15) is 10.2 Å². The Morgan fingerprint density at radius 2 is 1.32 bits per heavy atom. The van der Waals surface area contributed by atoms with Crippen LogP contribution in [0.3, 0.4) is 0 Å². The van der Waals surface area contributed by atoms with Crippen molar-refractivity contribution in [2.75, 3.05) is 9.80 Å². The molecule has 25 heavy (non-hydrogen) atoms. The fourth-order valence-corrected chi connectivity index (χ4v) is 5.81. The van der Waals surface area contributed by atoms with E-state index in [4.69, 9.17) is 16.6 Å². The van der Waals surface area contributed by atoms with E-state index < -0.39 is 0 Å². The molecule has 7 heteroatoms. The van der Waals surface area contributed by atoms with Crippen LogP contribution in [0.4, 0.5) is 11.8 Å². The van der Waals surface area contributed by atoms with Gasteiger partial charge in [0.1, 0.15) is 5.02 Å². The van der Waals surface area contributed by atoms with Crippen LogP contribution in [0.5, 0.6) is 0 Å². The summed E-state index contributed by atoms with van der Waals surface area (Å²) >= 11 is 6.49. The van der Waals surface area contributed by atoms with Crippen LogP contribution in [0, 0.1) is 0 Å². The van der Waals surface area contributed by atoms with E-state index in [1.54, 1.807) is 6.20 Å². The number of hydrogen-bond donors (Lipinski definition) is 2. The average molecular weight is 365 g/mol. The van der Waals surface area contributed by atoms with Crippen molar-refractivity contribution in [3.8, 4) is 0 Å². The van der Waals surface area contributed by atoms with Crippen LogP contribution in [0.2, 0.25) is 5.02 Å². The lowest BCUT2D eigenvalue weighted by Crippen LogP contribution is -2.47. The first-order valence-electron chi connectivity index (χ1n) is 9.55. The molecule has 136 valence electrons. The summed E-state index contributed by atoms with van der Waals surface area (Å²) < 4.78 is 0. The van der Waals surface area contributed by atoms with Gasteiger partial charge < -0.3 is 20.0 Å². The highest BCUT2D eigenvalue weighted by Gasteiger charge is 2.44. The van der Waals surface area contributed by atoms with Crippen molar-refractivity contribution in [2.45, 2.75) is 87.7 Å². The van der Waals surface area contributed by atoms with E-state index in [0.29, 0.717) is 29.2 Å². The quantitative estimate of drug-likeness (QED) is 0.837. The van der Waals surface area contributed by atoms with E-state index in [2.05, 4.69) is 14.8 Å². The molecule has 1 aromatic heterocycles. The Labute approximate surface area is 152 Å². The summed E-state index contributed by atoms with van der Waals surface area (Å²) in [5, 5.41) is 20.7. The number of aromatic nitrogens is 2. The first kappa shape index (κ1) is 16.1. The molecule has 4 atom stereocenters. The van der Waals surface area contributed by atoms with Crippen molar-refractivity contribution >= 4 is 23.4 Å². The monoisotopic (exact) mass is 364 g/mol. The number of fused-ring (bicyclic) bond motifs is 4. The second kappa shape index (κ2) is 5.96. The van der Waals surface area contributed by atoms with Crippen LogP contribution in [-0.2, 0) is 0 Å². The van der Waals surface area contributed by atoms with Crippen molar-refractivity contribution in [3.05, 3.63) is 11.2 Å². The van der Waals surface area contributed by atoms with Crippen LogP contribution in [0.25, 0.3) is 0 Å². The lowest BCUT2D eigenvalue weighted by Gasteiger charge is -2.40. The van der Waals surface area contributed by atoms with Crippen LogP contribution in [0.15, 0.2) is 6.20 Å². The summed E-state index contributed by atoms with van der Waals surface area (Å²) in [5.74, 6) is 1.58. The molecule has 4 unspecified atom stereocenters. The summed E-state index contributed by atoms with van der Waals surface area (Å²) in [6, 6.07) is 1.33. The summed E-state index contributed by atoms with van der Waals surface area (Å²) in [6.45, 7) is 0. The Morgan fingerprint density at radius 3 is 1.84 bits per heavy atom. The summed E-state index contributed by atoms with van der Waals surface area (Å²) in [6.07, 6.45) is 8.94. The molecule has 1 aromatic rings. The van der Waals surface area contributed by atoms with Gasteiger partial charge in [0.25, 0.3) is 0 Å². The molecule has 5 rings (SSSR count). The third-order valence-corrected chi connectivity index (χ3v) is 6.87. The fraction of sp³-hybridized carbons (Fsp3) is 0.778. The second-order valence-corrected chi connectivity index (χ2v) is 8.58. The average Bonchev–Trinajstić information content (AvgIpc) is 2.99. The van der Waals surface area contributed by atoms with Crippen LogP contribution in [-0.4, -0.2) is 56.6 Å². The predicted molar refractivity (Wildman–Crippen MR) is 96.1 cm³/mol. The molecule has 0 amide bonds. The number of hydrogen-bond acceptors (Lipinski definition) is 6. The Balaban J connectivity index is 1.48. The molecule has 0 saturated carbocycles. The van der Waals surface area contributed by atoms with Gasteiger partial charge in [-0.2, -0.15) is 4.98 Å². The number of rotatable bonds is 2. The van der Waals surface area contributed by atoms with Gasteiger partial charge >= 0.3 is 0 Å². The Kier molecular flexibility index (Phi) is 3.84. The van der Waals surface area contributed by atoms with Gasteiger partial charge in [0.05, 0.1) is 18.4 Å². The summed E-state index contributed by atoms with van der Waals surface area (Å²) in [7, 11) is 0. The highest BCUT2D eigenvalue weighted by Crippen LogP contribution is 2.43. The maximum atomic E-state index is 10.1. The Morgan fingerprint density at radius 1 is 0.840 bits per heavy atom. The lowest BCUT2D eigenvalue weighted by atomic mass is 10.00. The van der Waals surface area contributed by atoms with Gasteiger partial charge in [-0.25, -0.2) is 4.98 Å². The largest absolute Gasteiger partial charge is 0.393 e. The number of piperidine rings is 2. The number of anilines is 2. The summed E-state index contributed by atoms with van der Waals surface area (Å²) in [5.41, 5.74) is 0. The molecule has 0 spiro atoms. The number of halogens is 1. The van der Waals surface area contributed by atoms with E-state index in [1.807, 2.05) is 0 Å². The van der Waals surface area contributed by atoms with Gasteiger partial charge in [0.2, 0.25) is 5.95 Å². The maximum Gasteiger partial charge on any atom is 0.227 e. The van der Waals surface area contributed by atoms with Gasteiger partial charge in [-0.1, -0.05) is 11.6 Å². The zero-order valence-corrected chi connectivity index (χ0v) is 15.0. The van der Waals surface area contributed by atoms with Gasteiger partial charge in [-0.05, 0) is 51.4 Å². The SMILES string of the molecule is OC1CC2CCC(C1)N2c1ncc(Cl)c(N2C3CCC2CC(O)C3)n1. The topological polar surface area (TPSA) is 72.7 Å². The standard InChI is InChI=1S/C18H25ClN4O2/c19-16-9-20-18(23-12-3-4-13(23)8-15(25)7-12)21-17(16)22-10-1-2-11(22)6-14(24)5-10/h9-15,24-25H,1-8H2. The van der Waals surface area contributed by atoms with Crippen LogP contribution >= 0.6 is 11.6 Å². The van der Waals surface area contributed by atoms with E-state index in [-0.39, 0.29) is 12.2 Å². The minimum atomic E-state index is -0.201. The smallest absolute Gasteiger partial charge is 0.227 e. The molecular formula is C18H25ClN4O2. The van der Waals surface area contributed by atoms with Crippen molar-refractivity contribution in [1.82, 2.24) is 9.97 Å². The van der Waals surface area contributed by atoms with Gasteiger partial charge in [-0.3, -0.25) is 0 Å². The molecule has 4 aliphatic heterocycles. The molecule has 2 N–H and O–H groups in total. The molecule has 4 saturated heterocycles. The van der Waals surface area contributed by atoms with Crippen molar-refractivity contribution in [2.24, 2.45) is 0 Å². The first-order valence-corrected chi connectivity index (χ1v) is 9.93. The van der Waals surface area contributed by atoms with E-state index >= 15 is 0 Å². The molecule has 5 heterocycles. The molecule has 0 aromatic carbocycles. The highest BCUT2D eigenvalue weighted by molar-refractivity contribution is 6.32. The maximum absolute atomic E-state index is 10.1. The number of aliphatic hydroxyl groups excluding tert-OH is 2. The second-order valence-electron chi connectivity index (χ2n) is 8.18. The zero-order chi connectivity index (χ0) is 17.1. The minimum Gasteiger partial charge on any atom is -0.393 e. The van der Waals surface area contributed by atoms with Gasteiger partial charge in [0, 0.05) is 24.2 Å². The van der Waals surface area contributed by atoms with Crippen molar-refractivity contribution in [1.29, 1.82) is 0 Å². The van der Waals surface area contributed by atoms with Crippen LogP contribution < -0.4 is 9.80 Å². The van der Waals surface area contributed by atoms with Gasteiger partial charge in [-0.15, -0.1) is 0 Å². The fourth-order valence-electron chi connectivity index (χ4n) is 5.62. The van der Waals surface area contributed by atoms with Gasteiger partial charge in [0.15, 0.2) is 5.82 Å². The van der Waals surface area contributed by atoms with Crippen molar-refractivity contribution in [3.63, 3.8) is 0 Å². The number of aliphatic hydroxyl groups is 2. The zero-order valence-electron chi connectivity index (χ0n) is 14.3. The molecule has 6 nitrogen and oxygen atoms in total. The van der Waals surface area contributed by atoms with Crippen LogP contribution in [0.1, 0.15) is 51.4 Å². The minimum absolute atomic E-state index is 0.194. The molecule has 0 aliphatic carbocycles. The normalized spacial score (nSPS) is 40.0. The molecule has 4 aliphatic rings. The third kappa shape index (κ3) is 2.61. The van der Waals surface area contributed by atoms with Crippen molar-refractivity contribution < 1.29 is 10.2 Å². The highest BCUT2D eigenvalue weighted by atomic mass is 35.5. The molecular weight excluding hydrogens is 340 g/mol. The molecule has 4 bridgehead atoms. The number of nitrogens with zero attached hydrogens (tertiary/aromatic N) is 4. The van der Waals surface area contributed by atoms with E-state index in [1.165, 1.54) is 0 Å². The first-order chi connectivity index (χ1) is 12.1. The van der Waals surface area contributed by atoms with E-state index in [0.717, 1.165) is 63.1 Å². The third-order valence-electron chi connectivity index (χ3n) is 6.60.